The van der Waals surface area contributed by atoms with Gasteiger partial charge in [0.15, 0.2) is 0 Å². The maximum absolute atomic E-state index is 5.73. The molecule has 1 aliphatic heterocycles. The summed E-state index contributed by atoms with van der Waals surface area (Å²) < 4.78 is 10.9. The predicted octanol–water partition coefficient (Wildman–Crippen LogP) is 1.87. The third-order valence-corrected chi connectivity index (χ3v) is 2.90. The first-order chi connectivity index (χ1) is 8.09. The largest absolute Gasteiger partial charge is 0.493 e. The average Bonchev–Trinajstić information content (AvgIpc) is 2.62. The molecule has 0 aromatic heterocycles. The molecule has 4 nitrogen and oxygen atoms in total. The van der Waals surface area contributed by atoms with E-state index >= 15 is 0 Å². The normalized spacial score (nSPS) is 23.1. The van der Waals surface area contributed by atoms with Crippen molar-refractivity contribution in [2.24, 2.45) is 10.7 Å². The highest BCUT2D eigenvalue weighted by molar-refractivity contribution is 5.73. The van der Waals surface area contributed by atoms with Crippen molar-refractivity contribution < 1.29 is 9.47 Å². The average molecular weight is 234 g/mol. The number of para-hydroxylation sites is 1. The Hall–Kier alpha value is -1.71. The van der Waals surface area contributed by atoms with Gasteiger partial charge >= 0.3 is 0 Å². The molecule has 0 bridgehead atoms. The van der Waals surface area contributed by atoms with E-state index in [1.54, 1.807) is 0 Å². The molecule has 1 aromatic rings. The van der Waals surface area contributed by atoms with Gasteiger partial charge in [-0.2, -0.15) is 0 Å². The lowest BCUT2D eigenvalue weighted by Crippen LogP contribution is -2.26. The van der Waals surface area contributed by atoms with E-state index in [0.717, 1.165) is 17.7 Å². The van der Waals surface area contributed by atoms with E-state index in [1.165, 1.54) is 0 Å². The molecule has 1 atom stereocenters. The molecule has 4 heteroatoms. The second-order valence-electron chi connectivity index (χ2n) is 4.60. The summed E-state index contributed by atoms with van der Waals surface area (Å²) in [6.07, 6.45) is 0.794. The monoisotopic (exact) mass is 234 g/mol. The summed E-state index contributed by atoms with van der Waals surface area (Å²) in [5.41, 5.74) is 6.40. The molecule has 0 aliphatic carbocycles. The maximum atomic E-state index is 5.73. The molecule has 1 unspecified atom stereocenters. The van der Waals surface area contributed by atoms with Crippen molar-refractivity contribution in [2.75, 3.05) is 13.2 Å². The first-order valence-electron chi connectivity index (χ1n) is 5.76. The lowest BCUT2D eigenvalue weighted by Gasteiger charge is -2.18. The number of ether oxygens (including phenoxy) is 2. The molecule has 0 radical (unpaired) electrons. The number of benzene rings is 1. The van der Waals surface area contributed by atoms with Crippen LogP contribution in [0.15, 0.2) is 29.3 Å². The zero-order chi connectivity index (χ0) is 12.3. The highest BCUT2D eigenvalue weighted by Gasteiger charge is 2.30. The minimum absolute atomic E-state index is 0.243. The summed E-state index contributed by atoms with van der Waals surface area (Å²) in [5, 5.41) is 0. The molecule has 2 rings (SSSR count). The number of rotatable bonds is 4. The summed E-state index contributed by atoms with van der Waals surface area (Å²) in [7, 11) is 0. The van der Waals surface area contributed by atoms with Crippen LogP contribution in [-0.4, -0.2) is 24.8 Å². The van der Waals surface area contributed by atoms with Gasteiger partial charge in [-0.3, -0.25) is 0 Å². The van der Waals surface area contributed by atoms with Crippen LogP contribution >= 0.6 is 0 Å². The van der Waals surface area contributed by atoms with Crippen molar-refractivity contribution >= 4 is 6.02 Å². The van der Waals surface area contributed by atoms with Gasteiger partial charge in [0, 0.05) is 6.42 Å². The Labute approximate surface area is 101 Å². The Kier molecular flexibility index (Phi) is 3.22. The van der Waals surface area contributed by atoms with Crippen molar-refractivity contribution in [1.29, 1.82) is 0 Å². The lowest BCUT2D eigenvalue weighted by atomic mass is 10.0. The zero-order valence-electron chi connectivity index (χ0n) is 10.3. The van der Waals surface area contributed by atoms with Crippen LogP contribution < -0.4 is 10.5 Å². The molecule has 0 saturated carbocycles. The van der Waals surface area contributed by atoms with Crippen molar-refractivity contribution in [3.05, 3.63) is 29.8 Å². The lowest BCUT2D eigenvalue weighted by molar-refractivity contribution is 0.216. The van der Waals surface area contributed by atoms with E-state index in [1.807, 2.05) is 38.1 Å². The number of hydrogen-bond donors (Lipinski definition) is 1. The zero-order valence-corrected chi connectivity index (χ0v) is 10.3. The molecule has 1 aliphatic rings. The summed E-state index contributed by atoms with van der Waals surface area (Å²) in [6.45, 7) is 5.21. The second-order valence-corrected chi connectivity index (χ2v) is 4.60. The fraction of sp³-hybridized carbons (Fsp3) is 0.462. The van der Waals surface area contributed by atoms with Crippen LogP contribution in [0.25, 0.3) is 0 Å². The molecular weight excluding hydrogens is 216 g/mol. The Balaban J connectivity index is 1.86. The third kappa shape index (κ3) is 2.90. The van der Waals surface area contributed by atoms with E-state index in [0.29, 0.717) is 13.2 Å². The van der Waals surface area contributed by atoms with Crippen LogP contribution in [-0.2, 0) is 4.74 Å². The van der Waals surface area contributed by atoms with E-state index < -0.39 is 0 Å². The van der Waals surface area contributed by atoms with Crippen LogP contribution in [0.1, 0.15) is 18.9 Å². The molecule has 0 fully saturated rings. The van der Waals surface area contributed by atoms with E-state index in [2.05, 4.69) is 4.99 Å². The highest BCUT2D eigenvalue weighted by Crippen LogP contribution is 2.22. The maximum Gasteiger partial charge on any atom is 0.282 e. The Morgan fingerprint density at radius 1 is 1.47 bits per heavy atom. The summed E-state index contributed by atoms with van der Waals surface area (Å²) in [5.74, 6) is 0.923. The molecule has 17 heavy (non-hydrogen) atoms. The minimum Gasteiger partial charge on any atom is -0.493 e. The van der Waals surface area contributed by atoms with Gasteiger partial charge in [-0.05, 0) is 25.5 Å². The Morgan fingerprint density at radius 3 is 2.88 bits per heavy atom. The van der Waals surface area contributed by atoms with E-state index in [4.69, 9.17) is 15.2 Å². The summed E-state index contributed by atoms with van der Waals surface area (Å²) in [6, 6.07) is 8.26. The molecular formula is C13H18N2O2. The van der Waals surface area contributed by atoms with Crippen molar-refractivity contribution in [3.8, 4) is 5.75 Å². The molecule has 92 valence electrons. The molecule has 0 saturated heterocycles. The number of amidine groups is 1. The third-order valence-electron chi connectivity index (χ3n) is 2.90. The van der Waals surface area contributed by atoms with Crippen molar-refractivity contribution in [2.45, 2.75) is 25.8 Å². The van der Waals surface area contributed by atoms with Crippen LogP contribution in [0.3, 0.4) is 0 Å². The van der Waals surface area contributed by atoms with Crippen molar-refractivity contribution in [1.82, 2.24) is 0 Å². The van der Waals surface area contributed by atoms with E-state index in [-0.39, 0.29) is 11.6 Å². The van der Waals surface area contributed by atoms with Gasteiger partial charge in [0.2, 0.25) is 0 Å². The van der Waals surface area contributed by atoms with Gasteiger partial charge in [-0.25, -0.2) is 4.99 Å². The molecule has 0 spiro atoms. The first kappa shape index (κ1) is 11.8. The topological polar surface area (TPSA) is 56.8 Å². The second kappa shape index (κ2) is 4.65. The van der Waals surface area contributed by atoms with Crippen LogP contribution in [0.4, 0.5) is 0 Å². The quantitative estimate of drug-likeness (QED) is 0.865. The number of nitrogens with zero attached hydrogens (tertiary/aromatic N) is 1. The van der Waals surface area contributed by atoms with Gasteiger partial charge in [-0.15, -0.1) is 0 Å². The van der Waals surface area contributed by atoms with E-state index in [9.17, 15) is 0 Å². The van der Waals surface area contributed by atoms with Gasteiger partial charge in [0.25, 0.3) is 6.02 Å². The molecule has 1 aromatic carbocycles. The number of aliphatic imine (C=N–C) groups is 1. The smallest absolute Gasteiger partial charge is 0.282 e. The number of aryl methyl sites for hydroxylation is 1. The first-order valence-corrected chi connectivity index (χ1v) is 5.76. The Morgan fingerprint density at radius 2 is 2.24 bits per heavy atom. The number of nitrogens with two attached hydrogens (primary N) is 1. The van der Waals surface area contributed by atoms with Gasteiger partial charge in [-0.1, -0.05) is 18.2 Å². The molecule has 0 amide bonds. The fourth-order valence-corrected chi connectivity index (χ4v) is 1.79. The van der Waals surface area contributed by atoms with Crippen LogP contribution in [0.5, 0.6) is 5.75 Å². The Bertz CT molecular complexity index is 431. The van der Waals surface area contributed by atoms with Crippen LogP contribution in [0, 0.1) is 6.92 Å². The van der Waals surface area contributed by atoms with Gasteiger partial charge in [0.1, 0.15) is 17.9 Å². The molecule has 1 heterocycles. The number of hydrogen-bond acceptors (Lipinski definition) is 4. The summed E-state index contributed by atoms with van der Waals surface area (Å²) >= 11 is 0. The highest BCUT2D eigenvalue weighted by atomic mass is 16.5. The molecule has 2 N–H and O–H groups in total. The van der Waals surface area contributed by atoms with Crippen LogP contribution in [0.2, 0.25) is 0 Å². The standard InChI is InChI=1S/C13H18N2O2/c1-10-5-3-4-6-11(10)16-8-7-13(2)9-17-12(14)15-13/h3-6H,7-9H2,1-2H3,(H2,14,15). The fourth-order valence-electron chi connectivity index (χ4n) is 1.79. The van der Waals surface area contributed by atoms with Gasteiger partial charge < -0.3 is 15.2 Å². The summed E-state index contributed by atoms with van der Waals surface area (Å²) in [4.78, 5) is 4.27. The van der Waals surface area contributed by atoms with Crippen molar-refractivity contribution in [3.63, 3.8) is 0 Å². The SMILES string of the molecule is Cc1ccccc1OCCC1(C)COC(N)=N1. The predicted molar refractivity (Wildman–Crippen MR) is 67.3 cm³/mol. The minimum atomic E-state index is -0.243. The van der Waals surface area contributed by atoms with Gasteiger partial charge in [0.05, 0.1) is 6.61 Å².